The van der Waals surface area contributed by atoms with Crippen molar-refractivity contribution >= 4 is 49.0 Å². The van der Waals surface area contributed by atoms with Gasteiger partial charge in [0.05, 0.1) is 24.5 Å². The number of fused-ring (bicyclic) bond motifs is 1. The van der Waals surface area contributed by atoms with Gasteiger partial charge < -0.3 is 9.80 Å². The van der Waals surface area contributed by atoms with Crippen LogP contribution in [0.5, 0.6) is 0 Å². The number of sulfonamides is 1. The van der Waals surface area contributed by atoms with Gasteiger partial charge in [-0.05, 0) is 23.8 Å². The largest absolute Gasteiger partial charge is 0.393 e. The number of rotatable bonds is 6. The number of anilines is 2. The van der Waals surface area contributed by atoms with E-state index in [1.807, 2.05) is 4.90 Å². The first kappa shape index (κ1) is 24.2. The molecule has 1 aromatic carbocycles. The zero-order chi connectivity index (χ0) is 24.5. The summed E-state index contributed by atoms with van der Waals surface area (Å²) in [6, 6.07) is 8.12. The molecule has 0 aliphatic carbocycles. The van der Waals surface area contributed by atoms with Gasteiger partial charge in [-0.3, -0.25) is 9.52 Å². The molecular formula is C21H22F3N5O3S2. The minimum atomic E-state index is -4.29. The number of hydrogen-bond acceptors (Lipinski definition) is 7. The fourth-order valence-corrected chi connectivity index (χ4v) is 5.37. The number of piperazine rings is 1. The Morgan fingerprint density at radius 2 is 1.79 bits per heavy atom. The molecule has 1 fully saturated rings. The summed E-state index contributed by atoms with van der Waals surface area (Å²) in [7, 11) is -3.37. The molecule has 34 heavy (non-hydrogen) atoms. The molecule has 0 unspecified atom stereocenters. The van der Waals surface area contributed by atoms with Crippen molar-refractivity contribution in [2.45, 2.75) is 19.0 Å². The van der Waals surface area contributed by atoms with Crippen LogP contribution in [-0.2, 0) is 27.7 Å². The SMILES string of the molecule is CS(=O)(=O)Nc1ccc(CC(=O)N2CCN(c3ncnc4sc(CC(F)(F)F)cc34)CC2)cc1. The molecule has 8 nitrogen and oxygen atoms in total. The van der Waals surface area contributed by atoms with Gasteiger partial charge in [-0.1, -0.05) is 12.1 Å². The van der Waals surface area contributed by atoms with E-state index in [9.17, 15) is 26.4 Å². The Kier molecular flexibility index (Phi) is 6.67. The number of carbonyl (C=O) groups is 1. The average Bonchev–Trinajstić information content (AvgIpc) is 3.15. The van der Waals surface area contributed by atoms with Crippen LogP contribution in [0.1, 0.15) is 10.4 Å². The normalized spacial score (nSPS) is 15.1. The molecule has 1 saturated heterocycles. The molecule has 2 aromatic heterocycles. The topological polar surface area (TPSA) is 95.5 Å². The van der Waals surface area contributed by atoms with Crippen LogP contribution in [0.4, 0.5) is 24.7 Å². The highest BCUT2D eigenvalue weighted by Crippen LogP contribution is 2.34. The molecule has 1 aliphatic rings. The summed E-state index contributed by atoms with van der Waals surface area (Å²) >= 11 is 1.01. The molecule has 3 aromatic rings. The van der Waals surface area contributed by atoms with Gasteiger partial charge in [0, 0.05) is 36.7 Å². The number of alkyl halides is 3. The number of benzene rings is 1. The third-order valence-electron chi connectivity index (χ3n) is 5.28. The minimum absolute atomic E-state index is 0.0562. The van der Waals surface area contributed by atoms with Crippen LogP contribution in [-0.4, -0.2) is 67.8 Å². The molecule has 182 valence electrons. The van der Waals surface area contributed by atoms with E-state index in [2.05, 4.69) is 14.7 Å². The first-order valence-electron chi connectivity index (χ1n) is 10.4. The summed E-state index contributed by atoms with van der Waals surface area (Å²) in [6.07, 6.45) is -2.68. The number of amides is 1. The molecule has 1 amide bonds. The molecular weight excluding hydrogens is 491 g/mol. The van der Waals surface area contributed by atoms with Gasteiger partial charge in [-0.2, -0.15) is 13.2 Å². The molecule has 1 N–H and O–H groups in total. The molecule has 0 atom stereocenters. The molecule has 0 radical (unpaired) electrons. The third kappa shape index (κ3) is 6.14. The van der Waals surface area contributed by atoms with Gasteiger partial charge in [0.1, 0.15) is 17.0 Å². The van der Waals surface area contributed by atoms with Gasteiger partial charge in [0.15, 0.2) is 0 Å². The van der Waals surface area contributed by atoms with Gasteiger partial charge in [-0.25, -0.2) is 18.4 Å². The number of thiophene rings is 1. The zero-order valence-corrected chi connectivity index (χ0v) is 19.8. The summed E-state index contributed by atoms with van der Waals surface area (Å²) in [5.74, 6) is 0.523. The molecule has 0 spiro atoms. The second-order valence-corrected chi connectivity index (χ2v) is 10.9. The maximum absolute atomic E-state index is 12.8. The highest BCUT2D eigenvalue weighted by molar-refractivity contribution is 7.92. The van der Waals surface area contributed by atoms with E-state index in [0.29, 0.717) is 47.9 Å². The van der Waals surface area contributed by atoms with E-state index in [4.69, 9.17) is 0 Å². The minimum Gasteiger partial charge on any atom is -0.352 e. The monoisotopic (exact) mass is 513 g/mol. The summed E-state index contributed by atoms with van der Waals surface area (Å²) in [4.78, 5) is 25.6. The Hall–Kier alpha value is -2.93. The van der Waals surface area contributed by atoms with E-state index in [-0.39, 0.29) is 17.2 Å². The van der Waals surface area contributed by atoms with Crippen molar-refractivity contribution in [2.24, 2.45) is 0 Å². The second kappa shape index (κ2) is 9.37. The number of aromatic nitrogens is 2. The highest BCUT2D eigenvalue weighted by Gasteiger charge is 2.30. The number of carbonyl (C=O) groups excluding carboxylic acids is 1. The maximum atomic E-state index is 12.8. The first-order chi connectivity index (χ1) is 16.0. The lowest BCUT2D eigenvalue weighted by Gasteiger charge is -2.35. The molecule has 0 bridgehead atoms. The molecule has 13 heteroatoms. The van der Waals surface area contributed by atoms with Gasteiger partial charge in [0.2, 0.25) is 15.9 Å². The van der Waals surface area contributed by atoms with Crippen LogP contribution in [0.3, 0.4) is 0 Å². The predicted molar refractivity (Wildman–Crippen MR) is 125 cm³/mol. The van der Waals surface area contributed by atoms with E-state index in [1.54, 1.807) is 29.2 Å². The van der Waals surface area contributed by atoms with Crippen molar-refractivity contribution < 1.29 is 26.4 Å². The summed E-state index contributed by atoms with van der Waals surface area (Å²) < 4.78 is 63.3. The fraction of sp³-hybridized carbons (Fsp3) is 0.381. The smallest absolute Gasteiger partial charge is 0.352 e. The van der Waals surface area contributed by atoms with Crippen LogP contribution in [0, 0.1) is 0 Å². The quantitative estimate of drug-likeness (QED) is 0.545. The van der Waals surface area contributed by atoms with Gasteiger partial charge >= 0.3 is 6.18 Å². The molecule has 3 heterocycles. The maximum Gasteiger partial charge on any atom is 0.393 e. The van der Waals surface area contributed by atoms with Crippen molar-refractivity contribution in [3.05, 3.63) is 47.1 Å². The lowest BCUT2D eigenvalue weighted by Crippen LogP contribution is -2.49. The third-order valence-corrected chi connectivity index (χ3v) is 6.93. The number of hydrogen-bond donors (Lipinski definition) is 1. The second-order valence-electron chi connectivity index (χ2n) is 8.04. The Labute approximate surface area is 198 Å². The van der Waals surface area contributed by atoms with Gasteiger partial charge in [-0.15, -0.1) is 11.3 Å². The molecule has 0 saturated carbocycles. The summed E-state index contributed by atoms with van der Waals surface area (Å²) in [5.41, 5.74) is 1.19. The zero-order valence-electron chi connectivity index (χ0n) is 18.2. The number of halogens is 3. The van der Waals surface area contributed by atoms with E-state index >= 15 is 0 Å². The standard InChI is InChI=1S/C21H22F3N5O3S2/c1-34(31,32)27-15-4-2-14(3-5-15)10-18(30)28-6-8-29(9-7-28)19-17-11-16(12-21(22,23)24)33-20(17)26-13-25-19/h2-5,11,13,27H,6-10,12H2,1H3. The van der Waals surface area contributed by atoms with Gasteiger partial charge in [0.25, 0.3) is 0 Å². The van der Waals surface area contributed by atoms with Crippen LogP contribution in [0.25, 0.3) is 10.2 Å². The van der Waals surface area contributed by atoms with Crippen LogP contribution in [0.15, 0.2) is 36.7 Å². The number of nitrogens with zero attached hydrogens (tertiary/aromatic N) is 4. The highest BCUT2D eigenvalue weighted by atomic mass is 32.2. The van der Waals surface area contributed by atoms with E-state index in [1.165, 1.54) is 12.4 Å². The number of nitrogens with one attached hydrogen (secondary N) is 1. The van der Waals surface area contributed by atoms with Crippen molar-refractivity contribution in [2.75, 3.05) is 42.1 Å². The van der Waals surface area contributed by atoms with Crippen molar-refractivity contribution in [1.82, 2.24) is 14.9 Å². The lowest BCUT2D eigenvalue weighted by atomic mass is 10.1. The average molecular weight is 514 g/mol. The van der Waals surface area contributed by atoms with Crippen LogP contribution < -0.4 is 9.62 Å². The Bertz CT molecular complexity index is 1290. The van der Waals surface area contributed by atoms with Crippen LogP contribution >= 0.6 is 11.3 Å². The summed E-state index contributed by atoms with van der Waals surface area (Å²) in [5, 5.41) is 0.592. The van der Waals surface area contributed by atoms with Crippen LogP contribution in [0.2, 0.25) is 0 Å². The van der Waals surface area contributed by atoms with E-state index in [0.717, 1.165) is 23.2 Å². The Balaban J connectivity index is 1.37. The Morgan fingerprint density at radius 1 is 1.12 bits per heavy atom. The van der Waals surface area contributed by atoms with Crippen molar-refractivity contribution in [3.63, 3.8) is 0 Å². The van der Waals surface area contributed by atoms with Crippen molar-refractivity contribution in [1.29, 1.82) is 0 Å². The first-order valence-corrected chi connectivity index (χ1v) is 13.1. The predicted octanol–water partition coefficient (Wildman–Crippen LogP) is 3.06. The van der Waals surface area contributed by atoms with Crippen molar-refractivity contribution in [3.8, 4) is 0 Å². The molecule has 1 aliphatic heterocycles. The molecule has 4 rings (SSSR count). The Morgan fingerprint density at radius 3 is 2.41 bits per heavy atom. The van der Waals surface area contributed by atoms with E-state index < -0.39 is 22.6 Å². The summed E-state index contributed by atoms with van der Waals surface area (Å²) in [6.45, 7) is 1.91. The lowest BCUT2D eigenvalue weighted by molar-refractivity contribution is -0.130. The fourth-order valence-electron chi connectivity index (χ4n) is 3.79.